The maximum Gasteiger partial charge on any atom is 0.0205 e. The van der Waals surface area contributed by atoms with Crippen LogP contribution in [0.25, 0.3) is 0 Å². The first-order valence-corrected chi connectivity index (χ1v) is 10.5. The van der Waals surface area contributed by atoms with Crippen molar-refractivity contribution in [3.05, 3.63) is 34.9 Å². The van der Waals surface area contributed by atoms with E-state index in [1.54, 1.807) is 0 Å². The summed E-state index contributed by atoms with van der Waals surface area (Å²) in [4.78, 5) is 0. The third-order valence-electron chi connectivity index (χ3n) is 4.82. The molecule has 0 heterocycles. The van der Waals surface area contributed by atoms with Crippen molar-refractivity contribution in [1.29, 1.82) is 0 Å². The zero-order chi connectivity index (χ0) is 17.5. The smallest absolute Gasteiger partial charge is 0.0205 e. The lowest BCUT2D eigenvalue weighted by atomic mass is 10.1. The highest BCUT2D eigenvalue weighted by atomic mass is 14.8. The van der Waals surface area contributed by atoms with Gasteiger partial charge in [0.1, 0.15) is 0 Å². The van der Waals surface area contributed by atoms with Crippen LogP contribution in [0.1, 0.15) is 101 Å². The zero-order valence-corrected chi connectivity index (χ0v) is 16.6. The van der Waals surface area contributed by atoms with E-state index in [0.717, 1.165) is 13.1 Å². The number of hydrogen-bond donors (Lipinski definition) is 1. The molecule has 0 spiro atoms. The molecule has 0 atom stereocenters. The first-order chi connectivity index (χ1) is 11.7. The van der Waals surface area contributed by atoms with Crippen molar-refractivity contribution >= 4 is 0 Å². The lowest BCUT2D eigenvalue weighted by Gasteiger charge is -2.07. The van der Waals surface area contributed by atoms with Crippen LogP contribution in [-0.4, -0.2) is 6.54 Å². The number of nitrogens with one attached hydrogen (secondary N) is 1. The predicted octanol–water partition coefficient (Wildman–Crippen LogP) is 7.09. The Bertz CT molecular complexity index is 390. The summed E-state index contributed by atoms with van der Waals surface area (Å²) in [6.07, 6.45) is 17.1. The van der Waals surface area contributed by atoms with Gasteiger partial charge in [0.2, 0.25) is 0 Å². The van der Waals surface area contributed by atoms with Crippen molar-refractivity contribution in [1.82, 2.24) is 5.32 Å². The van der Waals surface area contributed by atoms with Gasteiger partial charge < -0.3 is 5.32 Å². The highest BCUT2D eigenvalue weighted by molar-refractivity contribution is 5.28. The van der Waals surface area contributed by atoms with E-state index in [0.29, 0.717) is 0 Å². The molecule has 1 heteroatoms. The van der Waals surface area contributed by atoms with E-state index in [9.17, 15) is 0 Å². The molecule has 1 rings (SSSR count). The van der Waals surface area contributed by atoms with E-state index in [-0.39, 0.29) is 0 Å². The first-order valence-electron chi connectivity index (χ1n) is 10.5. The van der Waals surface area contributed by atoms with Crippen molar-refractivity contribution in [2.24, 2.45) is 0 Å². The molecule has 24 heavy (non-hydrogen) atoms. The topological polar surface area (TPSA) is 12.0 Å². The Morgan fingerprint density at radius 3 is 1.58 bits per heavy atom. The van der Waals surface area contributed by atoms with Gasteiger partial charge in [-0.2, -0.15) is 0 Å². The molecule has 138 valence electrons. The molecular formula is C23H41N. The van der Waals surface area contributed by atoms with E-state index in [1.165, 1.54) is 93.7 Å². The van der Waals surface area contributed by atoms with E-state index in [4.69, 9.17) is 0 Å². The van der Waals surface area contributed by atoms with Gasteiger partial charge in [-0.15, -0.1) is 0 Å². The van der Waals surface area contributed by atoms with Crippen LogP contribution in [0.15, 0.2) is 18.2 Å². The number of benzene rings is 1. The summed E-state index contributed by atoms with van der Waals surface area (Å²) in [5.74, 6) is 0. The monoisotopic (exact) mass is 331 g/mol. The molecule has 1 aromatic carbocycles. The third kappa shape index (κ3) is 11.7. The quantitative estimate of drug-likeness (QED) is 0.338. The minimum absolute atomic E-state index is 1.01. The van der Waals surface area contributed by atoms with Crippen molar-refractivity contribution in [2.75, 3.05) is 6.54 Å². The van der Waals surface area contributed by atoms with E-state index < -0.39 is 0 Å². The molecule has 1 nitrogen and oxygen atoms in total. The molecule has 0 aliphatic rings. The van der Waals surface area contributed by atoms with Crippen LogP contribution < -0.4 is 5.32 Å². The second-order valence-electron chi connectivity index (χ2n) is 7.56. The predicted molar refractivity (Wildman–Crippen MR) is 109 cm³/mol. The molecule has 0 bridgehead atoms. The number of hydrogen-bond acceptors (Lipinski definition) is 1. The lowest BCUT2D eigenvalue weighted by molar-refractivity contribution is 0.535. The fourth-order valence-electron chi connectivity index (χ4n) is 3.49. The van der Waals surface area contributed by atoms with Gasteiger partial charge in [0, 0.05) is 6.54 Å². The summed E-state index contributed by atoms with van der Waals surface area (Å²) >= 11 is 0. The van der Waals surface area contributed by atoms with Crippen LogP contribution in [0.2, 0.25) is 0 Å². The number of aryl methyl sites for hydroxylation is 2. The van der Waals surface area contributed by atoms with Gasteiger partial charge in [-0.05, 0) is 32.4 Å². The van der Waals surface area contributed by atoms with Gasteiger partial charge in [-0.3, -0.25) is 0 Å². The number of rotatable bonds is 15. The molecule has 0 radical (unpaired) electrons. The third-order valence-corrected chi connectivity index (χ3v) is 4.82. The average Bonchev–Trinajstić information content (AvgIpc) is 2.54. The summed E-state index contributed by atoms with van der Waals surface area (Å²) in [5, 5.41) is 3.59. The molecule has 0 aliphatic carbocycles. The largest absolute Gasteiger partial charge is 0.313 e. The Morgan fingerprint density at radius 2 is 1.08 bits per heavy atom. The van der Waals surface area contributed by atoms with Gasteiger partial charge in [-0.25, -0.2) is 0 Å². The van der Waals surface area contributed by atoms with Crippen molar-refractivity contribution < 1.29 is 0 Å². The van der Waals surface area contributed by atoms with Crippen molar-refractivity contribution in [3.63, 3.8) is 0 Å². The molecule has 0 aliphatic heterocycles. The number of unbranched alkanes of at least 4 members (excludes halogenated alkanes) is 11. The maximum atomic E-state index is 3.59. The van der Waals surface area contributed by atoms with Crippen LogP contribution in [0, 0.1) is 13.8 Å². The Kier molecular flexibility index (Phi) is 12.8. The average molecular weight is 332 g/mol. The molecule has 1 aromatic rings. The molecule has 0 amide bonds. The Hall–Kier alpha value is -0.820. The fourth-order valence-corrected chi connectivity index (χ4v) is 3.49. The molecular weight excluding hydrogens is 290 g/mol. The van der Waals surface area contributed by atoms with Crippen LogP contribution in [-0.2, 0) is 6.54 Å². The summed E-state index contributed by atoms with van der Waals surface area (Å²) in [6.45, 7) is 8.83. The normalized spacial score (nSPS) is 11.1. The molecule has 0 unspecified atom stereocenters. The first kappa shape index (κ1) is 21.2. The minimum Gasteiger partial charge on any atom is -0.313 e. The molecule has 0 aromatic heterocycles. The van der Waals surface area contributed by atoms with E-state index in [2.05, 4.69) is 44.3 Å². The molecule has 1 N–H and O–H groups in total. The Morgan fingerprint density at radius 1 is 0.625 bits per heavy atom. The Labute approximate surface area is 151 Å². The van der Waals surface area contributed by atoms with E-state index in [1.807, 2.05) is 0 Å². The minimum atomic E-state index is 1.01. The van der Waals surface area contributed by atoms with Crippen molar-refractivity contribution in [3.8, 4) is 0 Å². The highest BCUT2D eigenvalue weighted by Crippen LogP contribution is 2.12. The fraction of sp³-hybridized carbons (Fsp3) is 0.739. The van der Waals surface area contributed by atoms with Crippen LogP contribution in [0.5, 0.6) is 0 Å². The SMILES string of the molecule is CCCCCCCCCCCCCCNCc1cc(C)cc(C)c1. The Balaban J connectivity index is 1.84. The maximum absolute atomic E-state index is 3.59. The molecule has 0 fully saturated rings. The molecule has 0 saturated carbocycles. The summed E-state index contributed by atoms with van der Waals surface area (Å²) in [7, 11) is 0. The van der Waals surface area contributed by atoms with Gasteiger partial charge in [0.25, 0.3) is 0 Å². The second-order valence-corrected chi connectivity index (χ2v) is 7.56. The van der Waals surface area contributed by atoms with Crippen LogP contribution in [0.4, 0.5) is 0 Å². The van der Waals surface area contributed by atoms with Crippen molar-refractivity contribution in [2.45, 2.75) is 104 Å². The van der Waals surface area contributed by atoms with Gasteiger partial charge >= 0.3 is 0 Å². The standard InChI is InChI=1S/C23H41N/c1-4-5-6-7-8-9-10-11-12-13-14-15-16-24-20-23-18-21(2)17-22(3)19-23/h17-19,24H,4-16,20H2,1-3H3. The summed E-state index contributed by atoms with van der Waals surface area (Å²) < 4.78 is 0. The summed E-state index contributed by atoms with van der Waals surface area (Å²) in [6, 6.07) is 6.83. The van der Waals surface area contributed by atoms with Gasteiger partial charge in [-0.1, -0.05) is 107 Å². The van der Waals surface area contributed by atoms with Gasteiger partial charge in [0.05, 0.1) is 0 Å². The highest BCUT2D eigenvalue weighted by Gasteiger charge is 1.97. The lowest BCUT2D eigenvalue weighted by Crippen LogP contribution is -2.14. The van der Waals surface area contributed by atoms with Crippen LogP contribution >= 0.6 is 0 Å². The van der Waals surface area contributed by atoms with Gasteiger partial charge in [0.15, 0.2) is 0 Å². The zero-order valence-electron chi connectivity index (χ0n) is 16.6. The van der Waals surface area contributed by atoms with E-state index >= 15 is 0 Å². The molecule has 0 saturated heterocycles. The second kappa shape index (κ2) is 14.5. The van der Waals surface area contributed by atoms with Crippen LogP contribution in [0.3, 0.4) is 0 Å². The summed E-state index contributed by atoms with van der Waals surface area (Å²) in [5.41, 5.74) is 4.17.